The van der Waals surface area contributed by atoms with Crippen LogP contribution < -0.4 is 0 Å². The third-order valence-electron chi connectivity index (χ3n) is 17.2. The summed E-state index contributed by atoms with van der Waals surface area (Å²) in [5, 5.41) is 0. The maximum atomic E-state index is 8.07. The molecule has 9 saturated carbocycles. The predicted octanol–water partition coefficient (Wildman–Crippen LogP) is 19.2. The summed E-state index contributed by atoms with van der Waals surface area (Å²) < 4.78 is 84.1. The Bertz CT molecular complexity index is 1400. The van der Waals surface area contributed by atoms with Crippen molar-refractivity contribution in [2.75, 3.05) is 0 Å². The van der Waals surface area contributed by atoms with Crippen LogP contribution in [-0.4, -0.2) is 54.9 Å². The van der Waals surface area contributed by atoms with Gasteiger partial charge in [-0.2, -0.15) is 0 Å². The van der Waals surface area contributed by atoms with Crippen LogP contribution >= 0.6 is 23.1 Å². The Balaban J connectivity index is 1.34. The molecule has 0 radical (unpaired) electrons. The second kappa shape index (κ2) is 26.8. The van der Waals surface area contributed by atoms with E-state index in [1.165, 1.54) is 57.8 Å². The van der Waals surface area contributed by atoms with Crippen LogP contribution in [0.4, 0.5) is 0 Å². The van der Waals surface area contributed by atoms with E-state index in [1.54, 1.807) is 0 Å². The normalized spacial score (nSPS) is 27.7. The molecule has 0 spiro atoms. The van der Waals surface area contributed by atoms with Gasteiger partial charge in [0.15, 0.2) is 0 Å². The molecule has 0 saturated heterocycles. The van der Waals surface area contributed by atoms with Crippen LogP contribution in [-0.2, 0) is 40.7 Å². The van der Waals surface area contributed by atoms with E-state index >= 15 is 0 Å². The maximum absolute atomic E-state index is 8.07. The Morgan fingerprint density at radius 3 is 0.647 bits per heavy atom. The predicted molar refractivity (Wildman–Crippen MR) is 277 cm³/mol. The zero-order valence-corrected chi connectivity index (χ0v) is 45.6. The van der Waals surface area contributed by atoms with Crippen molar-refractivity contribution in [1.82, 2.24) is 0 Å². The Morgan fingerprint density at radius 2 is 0.426 bits per heavy atom. The molecular formula is C54H99N2O9P3. The second-order valence-electron chi connectivity index (χ2n) is 23.2. The second-order valence-corrected chi connectivity index (χ2v) is 30.0. The van der Waals surface area contributed by atoms with Crippen molar-refractivity contribution in [2.24, 2.45) is 9.03 Å². The van der Waals surface area contributed by atoms with Crippen LogP contribution in [0.15, 0.2) is 9.03 Å². The molecule has 0 amide bonds. The van der Waals surface area contributed by atoms with Gasteiger partial charge < -0.3 is 0 Å². The van der Waals surface area contributed by atoms with Gasteiger partial charge in [-0.1, -0.05) is 0 Å². The monoisotopic (exact) mass is 1010 g/mol. The first kappa shape index (κ1) is 53.4. The third kappa shape index (κ3) is 15.8. The molecule has 68 heavy (non-hydrogen) atoms. The van der Waals surface area contributed by atoms with Gasteiger partial charge in [-0.25, -0.2) is 0 Å². The first-order valence-corrected chi connectivity index (χ1v) is 34.8. The average Bonchev–Trinajstić information content (AvgIpc) is 3.36. The molecule has 0 unspecified atom stereocenters. The van der Waals surface area contributed by atoms with E-state index in [0.29, 0.717) is 0 Å². The third-order valence-corrected chi connectivity index (χ3v) is 26.5. The molecule has 0 N–H and O–H groups in total. The summed E-state index contributed by atoms with van der Waals surface area (Å²) in [5.41, 5.74) is 0. The fourth-order valence-corrected chi connectivity index (χ4v) is 24.5. The summed E-state index contributed by atoms with van der Waals surface area (Å²) in [6.07, 6.45) is 47.8. The quantitative estimate of drug-likeness (QED) is 0.110. The number of nitrogens with zero attached hydrogens (tertiary/aromatic N) is 2. The van der Waals surface area contributed by atoms with Crippen LogP contribution in [0.5, 0.6) is 0 Å². The van der Waals surface area contributed by atoms with Crippen LogP contribution in [0, 0.1) is 0 Å². The fourth-order valence-electron chi connectivity index (χ4n) is 13.3. The first-order chi connectivity index (χ1) is 33.4. The van der Waals surface area contributed by atoms with Crippen molar-refractivity contribution in [1.29, 1.82) is 0 Å². The van der Waals surface area contributed by atoms with Gasteiger partial charge in [0.2, 0.25) is 0 Å². The summed E-state index contributed by atoms with van der Waals surface area (Å²) in [5.74, 6) is 0. The van der Waals surface area contributed by atoms with Crippen LogP contribution in [0.2, 0.25) is 0 Å². The van der Waals surface area contributed by atoms with E-state index < -0.39 is 23.1 Å². The summed E-state index contributed by atoms with van der Waals surface area (Å²) in [6.45, 7) is 0. The molecule has 0 atom stereocenters. The summed E-state index contributed by atoms with van der Waals surface area (Å²) in [6, 6.07) is 0. The van der Waals surface area contributed by atoms with Crippen molar-refractivity contribution >= 4 is 23.1 Å². The number of rotatable bonds is 20. The first-order valence-electron chi connectivity index (χ1n) is 29.9. The molecular weight excluding hydrogens is 914 g/mol. The topological polar surface area (TPSA) is 108 Å². The summed E-state index contributed by atoms with van der Waals surface area (Å²) in [7, 11) is -12.7. The molecule has 9 fully saturated rings. The minimum absolute atomic E-state index is 0.0107. The van der Waals surface area contributed by atoms with Gasteiger partial charge in [0, 0.05) is 0 Å². The van der Waals surface area contributed by atoms with E-state index in [1.807, 2.05) is 0 Å². The fraction of sp³-hybridized carbons (Fsp3) is 1.00. The van der Waals surface area contributed by atoms with Crippen LogP contribution in [0.25, 0.3) is 0 Å². The standard InChI is InChI=1S/C54H99N2O9P3/c1-10-28-46(29-11-1)57-66(58-47-30-12-2-13-31-47,55-67(59-48-32-14-3-15-33-48,60-49-34-16-4-17-35-49)61-50-36-18-5-19-37-50)56-68(62-51-38-20-6-21-39-51,63-52-40-22-7-23-41-52,64-53-42-24-8-25-43-53)65-54-44-26-9-27-45-54/h46-54H,1-45H2. The van der Waals surface area contributed by atoms with Crippen molar-refractivity contribution in [3.8, 4) is 0 Å². The van der Waals surface area contributed by atoms with E-state index in [4.69, 9.17) is 49.7 Å². The summed E-state index contributed by atoms with van der Waals surface area (Å²) >= 11 is 0. The zero-order chi connectivity index (χ0) is 46.2. The van der Waals surface area contributed by atoms with E-state index in [2.05, 4.69) is 0 Å². The van der Waals surface area contributed by atoms with Gasteiger partial charge in [0.25, 0.3) is 0 Å². The average molecular weight is 1010 g/mol. The van der Waals surface area contributed by atoms with Crippen molar-refractivity contribution in [2.45, 2.75) is 344 Å². The molecule has 0 aromatic carbocycles. The van der Waals surface area contributed by atoms with Gasteiger partial charge in [-0.15, -0.1) is 0 Å². The Kier molecular flexibility index (Phi) is 21.1. The molecule has 9 rings (SSSR count). The SMILES string of the molecule is C1CCC(OP(=NP(OC2CCCCC2)(OC2CCCCC2)(OC2CCCCC2)OC2CCCCC2)(N=P(OC2CCCCC2)(OC2CCCCC2)OC2CCCCC2)OC2CCCCC2)CC1. The van der Waals surface area contributed by atoms with Crippen LogP contribution in [0.3, 0.4) is 0 Å². The molecule has 0 aliphatic heterocycles. The molecule has 9 aliphatic rings. The van der Waals surface area contributed by atoms with E-state index in [9.17, 15) is 0 Å². The van der Waals surface area contributed by atoms with Gasteiger partial charge in [-0.3, -0.25) is 0 Å². The minimum atomic E-state index is -5.13. The van der Waals surface area contributed by atoms with Crippen molar-refractivity contribution < 1.29 is 40.7 Å². The Labute approximate surface area is 415 Å². The molecule has 14 heteroatoms. The van der Waals surface area contributed by atoms with E-state index in [0.717, 1.165) is 231 Å². The van der Waals surface area contributed by atoms with Crippen molar-refractivity contribution in [3.05, 3.63) is 0 Å². The number of hydrogen-bond donors (Lipinski definition) is 0. The molecule has 0 heterocycles. The van der Waals surface area contributed by atoms with Gasteiger partial charge in [0.05, 0.1) is 0 Å². The number of hydrogen-bond acceptors (Lipinski definition) is 10. The molecule has 11 nitrogen and oxygen atoms in total. The van der Waals surface area contributed by atoms with Gasteiger partial charge in [0.1, 0.15) is 0 Å². The molecule has 0 bridgehead atoms. The summed E-state index contributed by atoms with van der Waals surface area (Å²) in [4.78, 5) is 0. The molecule has 9 aliphatic carbocycles. The zero-order valence-electron chi connectivity index (χ0n) is 42.9. The molecule has 0 aromatic heterocycles. The van der Waals surface area contributed by atoms with Gasteiger partial charge >= 0.3 is 417 Å². The van der Waals surface area contributed by atoms with Gasteiger partial charge in [-0.05, 0) is 0 Å². The molecule has 394 valence electrons. The Morgan fingerprint density at radius 1 is 0.235 bits per heavy atom. The van der Waals surface area contributed by atoms with E-state index in [-0.39, 0.29) is 54.9 Å². The van der Waals surface area contributed by atoms with Crippen LogP contribution in [0.1, 0.15) is 289 Å². The van der Waals surface area contributed by atoms with Crippen molar-refractivity contribution in [3.63, 3.8) is 0 Å². The Hall–Kier alpha value is 0.530. The molecule has 0 aromatic rings.